The van der Waals surface area contributed by atoms with Crippen molar-refractivity contribution in [2.75, 3.05) is 13.1 Å². The van der Waals surface area contributed by atoms with Gasteiger partial charge in [-0.25, -0.2) is 0 Å². The predicted octanol–water partition coefficient (Wildman–Crippen LogP) is 4.17. The van der Waals surface area contributed by atoms with E-state index in [9.17, 15) is 9.90 Å². The van der Waals surface area contributed by atoms with Crippen molar-refractivity contribution in [2.45, 2.75) is 78.2 Å². The summed E-state index contributed by atoms with van der Waals surface area (Å²) in [5.74, 6) is 1.03. The van der Waals surface area contributed by atoms with Gasteiger partial charge in [0.1, 0.15) is 0 Å². The van der Waals surface area contributed by atoms with E-state index in [1.54, 1.807) is 0 Å². The second-order valence-electron chi connectivity index (χ2n) is 7.73. The normalized spacial score (nSPS) is 35.0. The molecule has 2 aliphatic rings. The Morgan fingerprint density at radius 3 is 2.71 bits per heavy atom. The van der Waals surface area contributed by atoms with Crippen LogP contribution in [0.1, 0.15) is 72.1 Å². The van der Waals surface area contributed by atoms with E-state index in [4.69, 9.17) is 0 Å². The van der Waals surface area contributed by atoms with Gasteiger partial charge in [0.2, 0.25) is 0 Å². The Hall–Kier alpha value is -0.570. The number of nitrogens with zero attached hydrogens (tertiary/aromatic N) is 1. The lowest BCUT2D eigenvalue weighted by Gasteiger charge is -2.46. The van der Waals surface area contributed by atoms with Crippen LogP contribution in [0.5, 0.6) is 0 Å². The van der Waals surface area contributed by atoms with Gasteiger partial charge in [-0.3, -0.25) is 9.69 Å². The molecule has 3 heteroatoms. The Kier molecular flexibility index (Phi) is 5.70. The molecule has 1 aliphatic heterocycles. The molecular formula is C18H33NO2. The molecule has 1 aliphatic carbocycles. The van der Waals surface area contributed by atoms with Crippen LogP contribution in [0.2, 0.25) is 0 Å². The maximum Gasteiger partial charge on any atom is 0.310 e. The van der Waals surface area contributed by atoms with Crippen LogP contribution in [0.15, 0.2) is 0 Å². The molecule has 2 fully saturated rings. The fraction of sp³-hybridized carbons (Fsp3) is 0.944. The lowest BCUT2D eigenvalue weighted by atomic mass is 9.74. The molecule has 1 heterocycles. The smallest absolute Gasteiger partial charge is 0.310 e. The maximum absolute atomic E-state index is 11.8. The van der Waals surface area contributed by atoms with Gasteiger partial charge in [-0.1, -0.05) is 40.0 Å². The lowest BCUT2D eigenvalue weighted by Crippen LogP contribution is -2.52. The fourth-order valence-electron chi connectivity index (χ4n) is 4.58. The quantitative estimate of drug-likeness (QED) is 0.827. The van der Waals surface area contributed by atoms with Crippen LogP contribution in [-0.2, 0) is 4.79 Å². The average molecular weight is 295 g/mol. The van der Waals surface area contributed by atoms with Crippen molar-refractivity contribution in [3.05, 3.63) is 0 Å². The topological polar surface area (TPSA) is 40.5 Å². The van der Waals surface area contributed by atoms with Crippen molar-refractivity contribution >= 4 is 5.97 Å². The molecule has 122 valence electrons. The van der Waals surface area contributed by atoms with Gasteiger partial charge in [-0.15, -0.1) is 0 Å². The van der Waals surface area contributed by atoms with E-state index >= 15 is 0 Å². The van der Waals surface area contributed by atoms with Crippen LogP contribution < -0.4 is 0 Å². The van der Waals surface area contributed by atoms with Crippen molar-refractivity contribution in [1.29, 1.82) is 0 Å². The molecule has 0 aromatic rings. The predicted molar refractivity (Wildman–Crippen MR) is 86.4 cm³/mol. The minimum atomic E-state index is -0.565. The number of aliphatic carboxylic acids is 1. The van der Waals surface area contributed by atoms with Crippen molar-refractivity contribution in [3.63, 3.8) is 0 Å². The Morgan fingerprint density at radius 2 is 2.10 bits per heavy atom. The number of carbonyl (C=O) groups is 1. The van der Waals surface area contributed by atoms with Gasteiger partial charge in [-0.05, 0) is 50.5 Å². The highest BCUT2D eigenvalue weighted by atomic mass is 16.4. The minimum Gasteiger partial charge on any atom is -0.481 e. The van der Waals surface area contributed by atoms with Gasteiger partial charge in [-0.2, -0.15) is 0 Å². The summed E-state index contributed by atoms with van der Waals surface area (Å²) in [6.45, 7) is 8.67. The SMILES string of the molecule is CCCC1(C(=O)O)CCCN(C2CCCC(C(C)C)C2)C1. The van der Waals surface area contributed by atoms with Gasteiger partial charge in [0.15, 0.2) is 0 Å². The number of likely N-dealkylation sites (tertiary alicyclic amines) is 1. The molecule has 3 nitrogen and oxygen atoms in total. The molecule has 3 atom stereocenters. The molecule has 1 saturated carbocycles. The maximum atomic E-state index is 11.8. The zero-order valence-electron chi connectivity index (χ0n) is 14.1. The molecular weight excluding hydrogens is 262 g/mol. The first-order chi connectivity index (χ1) is 9.98. The first-order valence-corrected chi connectivity index (χ1v) is 8.96. The Labute approximate surface area is 130 Å². The summed E-state index contributed by atoms with van der Waals surface area (Å²) in [4.78, 5) is 14.4. The summed E-state index contributed by atoms with van der Waals surface area (Å²) < 4.78 is 0. The molecule has 0 spiro atoms. The molecule has 21 heavy (non-hydrogen) atoms. The van der Waals surface area contributed by atoms with Crippen LogP contribution >= 0.6 is 0 Å². The second-order valence-corrected chi connectivity index (χ2v) is 7.73. The molecule has 0 aromatic carbocycles. The van der Waals surface area contributed by atoms with E-state index in [2.05, 4.69) is 25.7 Å². The second kappa shape index (κ2) is 7.13. The fourth-order valence-corrected chi connectivity index (χ4v) is 4.58. The van der Waals surface area contributed by atoms with E-state index < -0.39 is 11.4 Å². The van der Waals surface area contributed by atoms with Gasteiger partial charge < -0.3 is 5.11 Å². The third-order valence-electron chi connectivity index (χ3n) is 5.93. The largest absolute Gasteiger partial charge is 0.481 e. The number of hydrogen-bond acceptors (Lipinski definition) is 2. The number of piperidine rings is 1. The Morgan fingerprint density at radius 1 is 1.33 bits per heavy atom. The Bertz CT molecular complexity index is 351. The third-order valence-corrected chi connectivity index (χ3v) is 5.93. The van der Waals surface area contributed by atoms with Crippen LogP contribution in [0.25, 0.3) is 0 Å². The van der Waals surface area contributed by atoms with Crippen LogP contribution in [0, 0.1) is 17.3 Å². The summed E-state index contributed by atoms with van der Waals surface area (Å²) in [7, 11) is 0. The zero-order valence-corrected chi connectivity index (χ0v) is 14.1. The molecule has 0 bridgehead atoms. The molecule has 0 radical (unpaired) electrons. The summed E-state index contributed by atoms with van der Waals surface area (Å²) >= 11 is 0. The molecule has 1 saturated heterocycles. The van der Waals surface area contributed by atoms with Gasteiger partial charge in [0.25, 0.3) is 0 Å². The number of hydrogen-bond donors (Lipinski definition) is 1. The molecule has 2 rings (SSSR count). The van der Waals surface area contributed by atoms with Crippen LogP contribution in [-0.4, -0.2) is 35.1 Å². The number of carboxylic acids is 1. The van der Waals surface area contributed by atoms with Crippen molar-refractivity contribution in [3.8, 4) is 0 Å². The first-order valence-electron chi connectivity index (χ1n) is 8.96. The highest BCUT2D eigenvalue weighted by molar-refractivity contribution is 5.75. The summed E-state index contributed by atoms with van der Waals surface area (Å²) in [6.07, 6.45) is 8.95. The van der Waals surface area contributed by atoms with Crippen LogP contribution in [0.3, 0.4) is 0 Å². The highest BCUT2D eigenvalue weighted by Gasteiger charge is 2.43. The van der Waals surface area contributed by atoms with E-state index in [0.29, 0.717) is 6.04 Å². The van der Waals surface area contributed by atoms with Crippen LogP contribution in [0.4, 0.5) is 0 Å². The molecule has 1 N–H and O–H groups in total. The third kappa shape index (κ3) is 3.80. The lowest BCUT2D eigenvalue weighted by molar-refractivity contribution is -0.154. The van der Waals surface area contributed by atoms with Gasteiger partial charge >= 0.3 is 5.97 Å². The first kappa shape index (κ1) is 16.8. The van der Waals surface area contributed by atoms with Gasteiger partial charge in [0.05, 0.1) is 5.41 Å². The summed E-state index contributed by atoms with van der Waals surface area (Å²) in [5.41, 5.74) is -0.474. The average Bonchev–Trinajstić information content (AvgIpc) is 2.48. The monoisotopic (exact) mass is 295 g/mol. The van der Waals surface area contributed by atoms with Gasteiger partial charge in [0, 0.05) is 12.6 Å². The van der Waals surface area contributed by atoms with Crippen molar-refractivity contribution < 1.29 is 9.90 Å². The summed E-state index contributed by atoms with van der Waals surface area (Å²) in [5, 5.41) is 9.75. The number of rotatable bonds is 5. The van der Waals surface area contributed by atoms with Crippen molar-refractivity contribution in [1.82, 2.24) is 4.90 Å². The van der Waals surface area contributed by atoms with E-state index in [0.717, 1.165) is 50.6 Å². The Balaban J connectivity index is 2.04. The standard InChI is InChI=1S/C18H33NO2/c1-4-9-18(17(20)21)10-6-11-19(13-18)16-8-5-7-15(12-16)14(2)3/h14-16H,4-13H2,1-3H3,(H,20,21). The number of carboxylic acid groups (broad SMARTS) is 1. The van der Waals surface area contributed by atoms with Crippen molar-refractivity contribution in [2.24, 2.45) is 17.3 Å². The zero-order chi connectivity index (χ0) is 15.5. The molecule has 0 aromatic heterocycles. The van der Waals surface area contributed by atoms with E-state index in [1.165, 1.54) is 25.7 Å². The minimum absolute atomic E-state index is 0.474. The van der Waals surface area contributed by atoms with E-state index in [-0.39, 0.29) is 0 Å². The molecule has 3 unspecified atom stereocenters. The summed E-state index contributed by atoms with van der Waals surface area (Å²) in [6, 6.07) is 0.627. The molecule has 0 amide bonds. The highest BCUT2D eigenvalue weighted by Crippen LogP contribution is 2.39. The van der Waals surface area contributed by atoms with E-state index in [1.807, 2.05) is 0 Å².